The summed E-state index contributed by atoms with van der Waals surface area (Å²) in [4.78, 5) is 1.73. The highest BCUT2D eigenvalue weighted by molar-refractivity contribution is 5.89. The van der Waals surface area contributed by atoms with Gasteiger partial charge in [0, 0.05) is 22.6 Å². The van der Waals surface area contributed by atoms with Gasteiger partial charge in [0.2, 0.25) is 11.5 Å². The van der Waals surface area contributed by atoms with E-state index in [0.717, 1.165) is 22.3 Å². The molecule has 0 saturated carbocycles. The summed E-state index contributed by atoms with van der Waals surface area (Å²) in [6, 6.07) is 32.8. The Labute approximate surface area is 214 Å². The molecule has 0 spiro atoms. The number of nitrogens with zero attached hydrogens (tertiary/aromatic N) is 1. The van der Waals surface area contributed by atoms with E-state index in [0.29, 0.717) is 17.1 Å². The maximum absolute atomic E-state index is 11.0. The van der Waals surface area contributed by atoms with Gasteiger partial charge >= 0.3 is 0 Å². The molecule has 6 heteroatoms. The summed E-state index contributed by atoms with van der Waals surface area (Å²) in [7, 11) is 0. The van der Waals surface area contributed by atoms with E-state index < -0.39 is 23.0 Å². The largest absolute Gasteiger partial charge is 0.504 e. The summed E-state index contributed by atoms with van der Waals surface area (Å²) >= 11 is 0. The molecule has 0 fully saturated rings. The minimum atomic E-state index is -0.795. The zero-order valence-electron chi connectivity index (χ0n) is 20.1. The molecule has 5 rings (SSSR count). The summed E-state index contributed by atoms with van der Waals surface area (Å²) < 4.78 is 0. The van der Waals surface area contributed by atoms with E-state index in [2.05, 4.69) is 0 Å². The van der Waals surface area contributed by atoms with Crippen LogP contribution in [0.3, 0.4) is 0 Å². The summed E-state index contributed by atoms with van der Waals surface area (Å²) in [5, 5.41) is 42.0. The lowest BCUT2D eigenvalue weighted by atomic mass is 10.0. The molecular formula is C31H26N2O4. The molecule has 184 valence electrons. The van der Waals surface area contributed by atoms with Crippen LogP contribution in [0.4, 0.5) is 22.7 Å². The number of rotatable bonds is 5. The second kappa shape index (κ2) is 9.51. The van der Waals surface area contributed by atoms with Crippen molar-refractivity contribution in [1.82, 2.24) is 0 Å². The smallest absolute Gasteiger partial charge is 0.206 e. The molecule has 37 heavy (non-hydrogen) atoms. The Bertz CT molecular complexity index is 1550. The molecule has 0 atom stereocenters. The fraction of sp³-hybridized carbons (Fsp3) is 0.0323. The highest BCUT2D eigenvalue weighted by Gasteiger charge is 2.27. The first-order valence-corrected chi connectivity index (χ1v) is 11.7. The van der Waals surface area contributed by atoms with Crippen LogP contribution in [0.5, 0.6) is 23.0 Å². The van der Waals surface area contributed by atoms with Gasteiger partial charge in [-0.25, -0.2) is 0 Å². The molecule has 0 heterocycles. The number of anilines is 4. The Hall–Kier alpha value is -5.10. The van der Waals surface area contributed by atoms with E-state index in [1.807, 2.05) is 103 Å². The van der Waals surface area contributed by atoms with Gasteiger partial charge in [-0.1, -0.05) is 66.7 Å². The van der Waals surface area contributed by atoms with E-state index in [4.69, 9.17) is 5.73 Å². The standard InChI is InChI=1S/C31H26N2O4/c1-19-27(29(35)31(37)30(36)28(19)34)33(25-15-13-21(14-16-25)20-7-3-2-4-8-20)26-12-6-10-23(18-26)22-9-5-11-24(32)17-22/h2-18,34-37H,32H2,1H3. The average Bonchev–Trinajstić information content (AvgIpc) is 2.94. The molecule has 5 aromatic carbocycles. The molecule has 0 aliphatic carbocycles. The maximum atomic E-state index is 11.0. The summed E-state index contributed by atoms with van der Waals surface area (Å²) in [5.74, 6) is -2.62. The fourth-order valence-corrected chi connectivity index (χ4v) is 4.46. The topological polar surface area (TPSA) is 110 Å². The third kappa shape index (κ3) is 4.36. The Balaban J connectivity index is 1.71. The summed E-state index contributed by atoms with van der Waals surface area (Å²) in [5.41, 5.74) is 12.2. The number of aromatic hydroxyl groups is 4. The lowest BCUT2D eigenvalue weighted by Gasteiger charge is -2.29. The maximum Gasteiger partial charge on any atom is 0.206 e. The summed E-state index contributed by atoms with van der Waals surface area (Å²) in [6.45, 7) is 1.57. The van der Waals surface area contributed by atoms with E-state index in [9.17, 15) is 20.4 Å². The van der Waals surface area contributed by atoms with Crippen LogP contribution in [0.25, 0.3) is 22.3 Å². The predicted molar refractivity (Wildman–Crippen MR) is 148 cm³/mol. The second-order valence-electron chi connectivity index (χ2n) is 8.79. The molecule has 5 aromatic rings. The average molecular weight is 491 g/mol. The van der Waals surface area contributed by atoms with Gasteiger partial charge in [0.25, 0.3) is 0 Å². The van der Waals surface area contributed by atoms with Crippen LogP contribution in [0.2, 0.25) is 0 Å². The normalized spacial score (nSPS) is 10.8. The molecule has 0 amide bonds. The van der Waals surface area contributed by atoms with E-state index >= 15 is 0 Å². The quantitative estimate of drug-likeness (QED) is 0.101. The van der Waals surface area contributed by atoms with Crippen molar-refractivity contribution < 1.29 is 20.4 Å². The SMILES string of the molecule is Cc1c(O)c(O)c(O)c(O)c1N(c1ccc(-c2ccccc2)cc1)c1cccc(-c2cccc(N)c2)c1. The van der Waals surface area contributed by atoms with Gasteiger partial charge in [-0.15, -0.1) is 0 Å². The Morgan fingerprint density at radius 1 is 0.514 bits per heavy atom. The molecule has 0 aliphatic heterocycles. The molecule has 0 aliphatic rings. The van der Waals surface area contributed by atoms with E-state index in [1.165, 1.54) is 0 Å². The minimum Gasteiger partial charge on any atom is -0.504 e. The van der Waals surface area contributed by atoms with E-state index in [-0.39, 0.29) is 11.3 Å². The number of hydrogen-bond donors (Lipinski definition) is 5. The van der Waals surface area contributed by atoms with E-state index in [1.54, 1.807) is 11.8 Å². The highest BCUT2D eigenvalue weighted by Crippen LogP contribution is 2.54. The van der Waals surface area contributed by atoms with Crippen molar-refractivity contribution >= 4 is 22.7 Å². The van der Waals surface area contributed by atoms with Crippen molar-refractivity contribution in [3.05, 3.63) is 109 Å². The zero-order chi connectivity index (χ0) is 26.1. The van der Waals surface area contributed by atoms with Gasteiger partial charge in [-0.05, 0) is 65.6 Å². The first-order chi connectivity index (χ1) is 17.8. The van der Waals surface area contributed by atoms with Crippen molar-refractivity contribution in [2.45, 2.75) is 6.92 Å². The van der Waals surface area contributed by atoms with Gasteiger partial charge in [0.1, 0.15) is 0 Å². The molecule has 0 bridgehead atoms. The molecule has 0 aromatic heterocycles. The van der Waals surface area contributed by atoms with Crippen LogP contribution in [0.15, 0.2) is 103 Å². The van der Waals surface area contributed by atoms with Crippen molar-refractivity contribution in [1.29, 1.82) is 0 Å². The number of nitrogens with two attached hydrogens (primary N) is 1. The Kier molecular flexibility index (Phi) is 6.07. The first-order valence-electron chi connectivity index (χ1n) is 11.7. The van der Waals surface area contributed by atoms with Gasteiger partial charge in [0.05, 0.1) is 5.69 Å². The molecule has 6 nitrogen and oxygen atoms in total. The van der Waals surface area contributed by atoms with Crippen LogP contribution >= 0.6 is 0 Å². The number of benzene rings is 5. The number of phenols is 4. The van der Waals surface area contributed by atoms with Crippen molar-refractivity contribution in [3.63, 3.8) is 0 Å². The van der Waals surface area contributed by atoms with Crippen molar-refractivity contribution in [2.75, 3.05) is 10.6 Å². The molecule has 0 unspecified atom stereocenters. The van der Waals surface area contributed by atoms with Crippen molar-refractivity contribution in [3.8, 4) is 45.3 Å². The third-order valence-corrected chi connectivity index (χ3v) is 6.39. The first kappa shape index (κ1) is 23.6. The molecule has 0 radical (unpaired) electrons. The van der Waals surface area contributed by atoms with Crippen LogP contribution < -0.4 is 10.6 Å². The van der Waals surface area contributed by atoms with Gasteiger partial charge in [-0.3, -0.25) is 0 Å². The Morgan fingerprint density at radius 2 is 1.08 bits per heavy atom. The van der Waals surface area contributed by atoms with Gasteiger partial charge in [-0.2, -0.15) is 0 Å². The number of phenolic OH excluding ortho intramolecular Hbond substituents is 4. The lowest BCUT2D eigenvalue weighted by molar-refractivity contribution is 0.345. The van der Waals surface area contributed by atoms with Crippen LogP contribution in [-0.2, 0) is 0 Å². The predicted octanol–water partition coefficient (Wildman–Crippen LogP) is 7.20. The van der Waals surface area contributed by atoms with Crippen LogP contribution in [-0.4, -0.2) is 20.4 Å². The summed E-state index contributed by atoms with van der Waals surface area (Å²) in [6.07, 6.45) is 0. The minimum absolute atomic E-state index is 0.144. The van der Waals surface area contributed by atoms with Crippen LogP contribution in [0.1, 0.15) is 5.56 Å². The molecule has 0 saturated heterocycles. The van der Waals surface area contributed by atoms with Crippen molar-refractivity contribution in [2.24, 2.45) is 0 Å². The molecular weight excluding hydrogens is 464 g/mol. The van der Waals surface area contributed by atoms with Gasteiger partial charge < -0.3 is 31.1 Å². The number of hydrogen-bond acceptors (Lipinski definition) is 6. The third-order valence-electron chi connectivity index (χ3n) is 6.39. The highest BCUT2D eigenvalue weighted by atomic mass is 16.3. The zero-order valence-corrected chi connectivity index (χ0v) is 20.1. The lowest BCUT2D eigenvalue weighted by Crippen LogP contribution is -2.12. The van der Waals surface area contributed by atoms with Gasteiger partial charge in [0.15, 0.2) is 11.5 Å². The molecule has 6 N–H and O–H groups in total. The second-order valence-corrected chi connectivity index (χ2v) is 8.79. The monoisotopic (exact) mass is 490 g/mol. The number of nitrogen functional groups attached to an aromatic ring is 1. The Morgan fingerprint density at radius 3 is 1.76 bits per heavy atom. The van der Waals surface area contributed by atoms with Crippen LogP contribution in [0, 0.1) is 6.92 Å². The fourth-order valence-electron chi connectivity index (χ4n) is 4.46.